The molecule has 0 aromatic carbocycles. The van der Waals surface area contributed by atoms with Gasteiger partial charge in [-0.1, -0.05) is 39.5 Å². The normalized spacial score (nSPS) is 32.6. The molecule has 0 spiro atoms. The van der Waals surface area contributed by atoms with Crippen molar-refractivity contribution in [3.63, 3.8) is 0 Å². The van der Waals surface area contributed by atoms with E-state index in [9.17, 15) is 14.4 Å². The van der Waals surface area contributed by atoms with Gasteiger partial charge in [-0.25, -0.2) is 0 Å². The van der Waals surface area contributed by atoms with E-state index in [0.717, 1.165) is 32.1 Å². The van der Waals surface area contributed by atoms with Gasteiger partial charge in [0, 0.05) is 19.0 Å². The number of hydrazine groups is 1. The number of likely N-dealkylation sites (tertiary alicyclic amines) is 1. The average molecular weight is 409 g/mol. The topological polar surface area (TPSA) is 90.5 Å². The summed E-state index contributed by atoms with van der Waals surface area (Å²) in [6.07, 6.45) is 7.15. The number of thiocarbonyl (C=S) groups is 1. The molecule has 0 aromatic rings. The van der Waals surface area contributed by atoms with Crippen LogP contribution in [-0.4, -0.2) is 40.3 Å². The SMILES string of the molecule is C[C@@H]1[C@@H](C)CCC[C@H]1NC(=S)NNC(=O)CCN1C(=O)[C@H]2CCCC[C@H]2C1=O. The van der Waals surface area contributed by atoms with Crippen molar-refractivity contribution in [3.05, 3.63) is 0 Å². The molecule has 0 unspecified atom stereocenters. The first kappa shape index (κ1) is 21.0. The van der Waals surface area contributed by atoms with Crippen molar-refractivity contribution >= 4 is 35.1 Å². The largest absolute Gasteiger partial charge is 0.358 e. The molecule has 1 heterocycles. The lowest BCUT2D eigenvalue weighted by atomic mass is 9.78. The average Bonchev–Trinajstić information content (AvgIpc) is 2.93. The summed E-state index contributed by atoms with van der Waals surface area (Å²) < 4.78 is 0. The Kier molecular flexibility index (Phi) is 6.91. The summed E-state index contributed by atoms with van der Waals surface area (Å²) in [6.45, 7) is 4.62. The summed E-state index contributed by atoms with van der Waals surface area (Å²) in [5, 5.41) is 3.69. The maximum absolute atomic E-state index is 12.4. The Hall–Kier alpha value is -1.70. The van der Waals surface area contributed by atoms with Gasteiger partial charge >= 0.3 is 0 Å². The van der Waals surface area contributed by atoms with E-state index in [-0.39, 0.29) is 42.5 Å². The highest BCUT2D eigenvalue weighted by Crippen LogP contribution is 2.38. The molecule has 3 rings (SSSR count). The van der Waals surface area contributed by atoms with Crippen LogP contribution in [0.1, 0.15) is 65.2 Å². The lowest BCUT2D eigenvalue weighted by Crippen LogP contribution is -2.52. The Morgan fingerprint density at radius 1 is 1.00 bits per heavy atom. The first-order valence-corrected chi connectivity index (χ1v) is 11.0. The summed E-state index contributed by atoms with van der Waals surface area (Å²) in [5.41, 5.74) is 5.32. The maximum Gasteiger partial charge on any atom is 0.240 e. The molecule has 28 heavy (non-hydrogen) atoms. The summed E-state index contributed by atoms with van der Waals surface area (Å²) in [5.74, 6) is 0.353. The van der Waals surface area contributed by atoms with Crippen molar-refractivity contribution in [2.24, 2.45) is 23.7 Å². The fraction of sp³-hybridized carbons (Fsp3) is 0.800. The molecule has 3 N–H and O–H groups in total. The summed E-state index contributed by atoms with van der Waals surface area (Å²) in [7, 11) is 0. The molecule has 3 aliphatic rings. The van der Waals surface area contributed by atoms with Gasteiger partial charge < -0.3 is 5.32 Å². The van der Waals surface area contributed by atoms with Gasteiger partial charge in [-0.3, -0.25) is 30.1 Å². The molecule has 3 amide bonds. The molecule has 0 bridgehead atoms. The lowest BCUT2D eigenvalue weighted by molar-refractivity contribution is -0.140. The number of carbonyl (C=O) groups is 3. The highest BCUT2D eigenvalue weighted by atomic mass is 32.1. The van der Waals surface area contributed by atoms with Crippen molar-refractivity contribution in [2.75, 3.05) is 6.54 Å². The van der Waals surface area contributed by atoms with E-state index in [1.165, 1.54) is 17.7 Å². The number of imide groups is 1. The van der Waals surface area contributed by atoms with Crippen molar-refractivity contribution in [1.29, 1.82) is 0 Å². The number of hydrogen-bond acceptors (Lipinski definition) is 4. The van der Waals surface area contributed by atoms with Gasteiger partial charge in [0.1, 0.15) is 0 Å². The molecule has 1 aliphatic heterocycles. The maximum atomic E-state index is 12.4. The number of nitrogens with zero attached hydrogens (tertiary/aromatic N) is 1. The Labute approximate surface area is 172 Å². The van der Waals surface area contributed by atoms with Crippen LogP contribution in [0.3, 0.4) is 0 Å². The van der Waals surface area contributed by atoms with Crippen LogP contribution in [0.15, 0.2) is 0 Å². The molecule has 2 saturated carbocycles. The molecule has 0 radical (unpaired) electrons. The summed E-state index contributed by atoms with van der Waals surface area (Å²) in [4.78, 5) is 38.3. The minimum Gasteiger partial charge on any atom is -0.358 e. The minimum absolute atomic E-state index is 0.0728. The lowest BCUT2D eigenvalue weighted by Gasteiger charge is -2.35. The molecule has 7 nitrogen and oxygen atoms in total. The van der Waals surface area contributed by atoms with E-state index in [0.29, 0.717) is 23.0 Å². The zero-order valence-electron chi connectivity index (χ0n) is 16.8. The van der Waals surface area contributed by atoms with E-state index in [1.54, 1.807) is 0 Å². The zero-order chi connectivity index (χ0) is 20.3. The third kappa shape index (κ3) is 4.64. The van der Waals surface area contributed by atoms with Gasteiger partial charge in [-0.15, -0.1) is 0 Å². The molecule has 156 valence electrons. The van der Waals surface area contributed by atoms with Crippen molar-refractivity contribution in [3.8, 4) is 0 Å². The number of amides is 3. The number of fused-ring (bicyclic) bond motifs is 1. The quantitative estimate of drug-likeness (QED) is 0.374. The Morgan fingerprint density at radius 2 is 1.64 bits per heavy atom. The van der Waals surface area contributed by atoms with Gasteiger partial charge in [0.2, 0.25) is 17.7 Å². The fourth-order valence-electron chi connectivity index (χ4n) is 4.84. The molecule has 8 heteroatoms. The first-order valence-electron chi connectivity index (χ1n) is 10.6. The molecule has 1 saturated heterocycles. The second kappa shape index (κ2) is 9.20. The minimum atomic E-state index is -0.287. The van der Waals surface area contributed by atoms with Crippen LogP contribution in [0.2, 0.25) is 0 Å². The second-order valence-electron chi connectivity index (χ2n) is 8.60. The zero-order valence-corrected chi connectivity index (χ0v) is 17.6. The van der Waals surface area contributed by atoms with Gasteiger partial charge in [-0.2, -0.15) is 0 Å². The molecular weight excluding hydrogens is 376 g/mol. The number of hydrogen-bond donors (Lipinski definition) is 3. The summed E-state index contributed by atoms with van der Waals surface area (Å²) in [6, 6.07) is 0.309. The Balaban J connectivity index is 1.39. The van der Waals surface area contributed by atoms with Crippen molar-refractivity contribution < 1.29 is 14.4 Å². The number of nitrogens with one attached hydrogen (secondary N) is 3. The third-order valence-corrected chi connectivity index (χ3v) is 7.05. The van der Waals surface area contributed by atoms with Gasteiger partial charge in [0.05, 0.1) is 11.8 Å². The highest BCUT2D eigenvalue weighted by Gasteiger charge is 2.47. The van der Waals surface area contributed by atoms with E-state index in [4.69, 9.17) is 12.2 Å². The first-order chi connectivity index (χ1) is 13.4. The number of rotatable bonds is 4. The second-order valence-corrected chi connectivity index (χ2v) is 9.00. The predicted octanol–water partition coefficient (Wildman–Crippen LogP) is 1.87. The van der Waals surface area contributed by atoms with E-state index >= 15 is 0 Å². The van der Waals surface area contributed by atoms with E-state index < -0.39 is 0 Å². The van der Waals surface area contributed by atoms with Gasteiger partial charge in [0.25, 0.3) is 0 Å². The van der Waals surface area contributed by atoms with Crippen LogP contribution in [0.5, 0.6) is 0 Å². The van der Waals surface area contributed by atoms with Crippen LogP contribution in [-0.2, 0) is 14.4 Å². The van der Waals surface area contributed by atoms with Crippen molar-refractivity contribution in [1.82, 2.24) is 21.1 Å². The van der Waals surface area contributed by atoms with E-state index in [2.05, 4.69) is 30.0 Å². The molecular formula is C20H32N4O3S. The molecule has 2 aliphatic carbocycles. The Morgan fingerprint density at radius 3 is 2.29 bits per heavy atom. The standard InChI is InChI=1S/C20H32N4O3S/c1-12-6-5-9-16(13(12)2)21-20(28)23-22-17(25)10-11-24-18(26)14-7-3-4-8-15(14)19(24)27/h12-16H,3-11H2,1-2H3,(H,22,25)(H2,21,23,28)/t12-,13+,14-,15+,16+/m0/s1. The van der Waals surface area contributed by atoms with Gasteiger partial charge in [0.15, 0.2) is 5.11 Å². The van der Waals surface area contributed by atoms with Crippen LogP contribution < -0.4 is 16.2 Å². The van der Waals surface area contributed by atoms with Crippen molar-refractivity contribution in [2.45, 2.75) is 71.3 Å². The summed E-state index contributed by atoms with van der Waals surface area (Å²) >= 11 is 5.29. The van der Waals surface area contributed by atoms with E-state index in [1.807, 2.05) is 0 Å². The third-order valence-electron chi connectivity index (χ3n) is 6.83. The predicted molar refractivity (Wildman–Crippen MR) is 110 cm³/mol. The monoisotopic (exact) mass is 408 g/mol. The van der Waals surface area contributed by atoms with Crippen LogP contribution in [0, 0.1) is 23.7 Å². The van der Waals surface area contributed by atoms with Crippen LogP contribution in [0.4, 0.5) is 0 Å². The molecule has 3 fully saturated rings. The fourth-order valence-corrected chi connectivity index (χ4v) is 5.05. The molecule has 0 aromatic heterocycles. The molecule has 5 atom stereocenters. The van der Waals surface area contributed by atoms with Crippen LogP contribution in [0.25, 0.3) is 0 Å². The smallest absolute Gasteiger partial charge is 0.240 e. The highest BCUT2D eigenvalue weighted by molar-refractivity contribution is 7.80. The Bertz CT molecular complexity index is 617. The number of carbonyl (C=O) groups excluding carboxylic acids is 3. The van der Waals surface area contributed by atoms with Gasteiger partial charge in [-0.05, 0) is 43.3 Å². The van der Waals surface area contributed by atoms with Crippen LogP contribution >= 0.6 is 12.2 Å².